The molecule has 0 fully saturated rings. The number of rotatable bonds is 6. The number of nitro groups is 1. The maximum atomic E-state index is 13.1. The van der Waals surface area contributed by atoms with Gasteiger partial charge in [0.15, 0.2) is 11.6 Å². The van der Waals surface area contributed by atoms with E-state index in [1.165, 1.54) is 0 Å². The summed E-state index contributed by atoms with van der Waals surface area (Å²) in [6, 6.07) is 2.68. The minimum atomic E-state index is -3.88. The summed E-state index contributed by atoms with van der Waals surface area (Å²) in [4.78, 5) is 9.63. The van der Waals surface area contributed by atoms with Crippen LogP contribution >= 0.6 is 0 Å². The maximum absolute atomic E-state index is 13.1. The van der Waals surface area contributed by atoms with Crippen LogP contribution in [0.2, 0.25) is 0 Å². The summed E-state index contributed by atoms with van der Waals surface area (Å²) in [5, 5.41) is 10.3. The van der Waals surface area contributed by atoms with E-state index in [1.54, 1.807) is 0 Å². The maximum Gasteiger partial charge on any atom is 0.264 e. The molecule has 0 aliphatic rings. The highest BCUT2D eigenvalue weighted by Crippen LogP contribution is 2.24. The second kappa shape index (κ2) is 6.02. The first kappa shape index (κ1) is 15.4. The third kappa shape index (κ3) is 5.26. The number of benzene rings is 1. The Morgan fingerprint density at radius 3 is 2.47 bits per heavy atom. The van der Waals surface area contributed by atoms with Crippen LogP contribution in [0.15, 0.2) is 18.2 Å². The molecule has 0 N–H and O–H groups in total. The van der Waals surface area contributed by atoms with E-state index in [2.05, 4.69) is 4.18 Å². The van der Waals surface area contributed by atoms with Gasteiger partial charge in [-0.2, -0.15) is 8.42 Å². The van der Waals surface area contributed by atoms with Crippen LogP contribution in [-0.4, -0.2) is 26.1 Å². The molecule has 0 spiro atoms. The summed E-state index contributed by atoms with van der Waals surface area (Å²) in [5.74, 6) is -2.28. The van der Waals surface area contributed by atoms with Crippen molar-refractivity contribution in [1.82, 2.24) is 0 Å². The molecule has 1 rings (SSSR count). The largest absolute Gasteiger partial charge is 0.265 e. The molecule has 0 aliphatic heterocycles. The predicted octanol–water partition coefficient (Wildman–Crippen LogP) is 1.65. The molecule has 0 saturated heterocycles. The zero-order valence-electron chi connectivity index (χ0n) is 9.88. The monoisotopic (exact) mass is 295 g/mol. The molecular weight excluding hydrogens is 284 g/mol. The number of nitrogens with zero attached hydrogens (tertiary/aromatic N) is 1. The van der Waals surface area contributed by atoms with E-state index in [1.807, 2.05) is 0 Å². The highest BCUT2D eigenvalue weighted by atomic mass is 32.2. The third-order valence-electron chi connectivity index (χ3n) is 2.18. The molecule has 0 radical (unpaired) electrons. The average Bonchev–Trinajstić information content (AvgIpc) is 2.26. The van der Waals surface area contributed by atoms with Crippen LogP contribution in [0, 0.1) is 21.7 Å². The molecule has 6 nitrogen and oxygen atoms in total. The van der Waals surface area contributed by atoms with Crippen molar-refractivity contribution in [2.75, 3.05) is 12.8 Å². The van der Waals surface area contributed by atoms with Gasteiger partial charge in [0.05, 0.1) is 6.26 Å². The molecule has 0 aromatic heterocycles. The number of hydrogen-bond acceptors (Lipinski definition) is 5. The van der Waals surface area contributed by atoms with Gasteiger partial charge in [0.2, 0.25) is 6.54 Å². The van der Waals surface area contributed by atoms with Crippen molar-refractivity contribution < 1.29 is 26.3 Å². The summed E-state index contributed by atoms with van der Waals surface area (Å²) in [7, 11) is -3.88. The molecule has 1 aromatic carbocycles. The zero-order valence-corrected chi connectivity index (χ0v) is 10.7. The Hall–Kier alpha value is -1.61. The molecule has 0 heterocycles. The van der Waals surface area contributed by atoms with Crippen molar-refractivity contribution in [1.29, 1.82) is 0 Å². The highest BCUT2D eigenvalue weighted by Gasteiger charge is 2.21. The smallest absolute Gasteiger partial charge is 0.264 e. The van der Waals surface area contributed by atoms with E-state index in [0.717, 1.165) is 24.5 Å². The molecule has 19 heavy (non-hydrogen) atoms. The second-order valence-electron chi connectivity index (χ2n) is 3.81. The van der Waals surface area contributed by atoms with Crippen LogP contribution in [-0.2, 0) is 14.3 Å². The fourth-order valence-corrected chi connectivity index (χ4v) is 2.05. The van der Waals surface area contributed by atoms with E-state index in [9.17, 15) is 27.3 Å². The zero-order chi connectivity index (χ0) is 14.6. The van der Waals surface area contributed by atoms with Gasteiger partial charge in [0, 0.05) is 11.3 Å². The van der Waals surface area contributed by atoms with E-state index in [4.69, 9.17) is 0 Å². The van der Waals surface area contributed by atoms with Crippen molar-refractivity contribution in [3.63, 3.8) is 0 Å². The van der Waals surface area contributed by atoms with Crippen LogP contribution in [0.25, 0.3) is 0 Å². The molecular formula is C10H11F2NO5S. The van der Waals surface area contributed by atoms with E-state index in [0.29, 0.717) is 0 Å². The Bertz CT molecular complexity index is 575. The second-order valence-corrected chi connectivity index (χ2v) is 5.41. The Labute approximate surface area is 108 Å². The molecule has 0 amide bonds. The highest BCUT2D eigenvalue weighted by molar-refractivity contribution is 7.86. The predicted molar refractivity (Wildman–Crippen MR) is 61.5 cm³/mol. The van der Waals surface area contributed by atoms with Crippen molar-refractivity contribution in [3.8, 4) is 0 Å². The Kier molecular flexibility index (Phi) is 4.90. The molecule has 9 heteroatoms. The Morgan fingerprint density at radius 1 is 1.37 bits per heavy atom. The van der Waals surface area contributed by atoms with Gasteiger partial charge >= 0.3 is 0 Å². The molecule has 0 aliphatic carbocycles. The first-order chi connectivity index (χ1) is 8.69. The number of hydrogen-bond donors (Lipinski definition) is 0. The molecule has 1 aromatic rings. The van der Waals surface area contributed by atoms with Crippen molar-refractivity contribution in [2.45, 2.75) is 12.5 Å². The topological polar surface area (TPSA) is 86.5 Å². The van der Waals surface area contributed by atoms with Crippen LogP contribution < -0.4 is 0 Å². The lowest BCUT2D eigenvalue weighted by atomic mass is 10.1. The standard InChI is InChI=1S/C10H11F2NO5S/c1-19(16,17)18-10(4-5-13(14)15)7-2-3-8(11)9(12)6-7/h2-3,6,10H,4-5H2,1H3/t10-/m1/s1. The van der Waals surface area contributed by atoms with E-state index >= 15 is 0 Å². The first-order valence-electron chi connectivity index (χ1n) is 5.14. The van der Waals surface area contributed by atoms with Gasteiger partial charge < -0.3 is 0 Å². The lowest BCUT2D eigenvalue weighted by Gasteiger charge is -2.15. The fraction of sp³-hybridized carbons (Fsp3) is 0.400. The lowest BCUT2D eigenvalue weighted by molar-refractivity contribution is -0.481. The van der Waals surface area contributed by atoms with Gasteiger partial charge in [-0.05, 0) is 17.7 Å². The SMILES string of the molecule is CS(=O)(=O)O[C@H](CC[N+](=O)[O-])c1ccc(F)c(F)c1. The fourth-order valence-electron chi connectivity index (χ4n) is 1.42. The number of halogens is 2. The summed E-state index contributed by atoms with van der Waals surface area (Å²) < 4.78 is 52.6. The summed E-state index contributed by atoms with van der Waals surface area (Å²) in [6.45, 7) is -0.556. The average molecular weight is 295 g/mol. The lowest BCUT2D eigenvalue weighted by Crippen LogP contribution is -2.15. The van der Waals surface area contributed by atoms with Crippen molar-refractivity contribution in [2.24, 2.45) is 0 Å². The van der Waals surface area contributed by atoms with Gasteiger partial charge in [-0.15, -0.1) is 0 Å². The van der Waals surface area contributed by atoms with Crippen LogP contribution in [0.1, 0.15) is 18.1 Å². The van der Waals surface area contributed by atoms with Gasteiger partial charge in [-0.1, -0.05) is 6.07 Å². The van der Waals surface area contributed by atoms with Gasteiger partial charge in [0.25, 0.3) is 10.1 Å². The van der Waals surface area contributed by atoms with E-state index in [-0.39, 0.29) is 12.0 Å². The molecule has 0 bridgehead atoms. The third-order valence-corrected chi connectivity index (χ3v) is 2.76. The first-order valence-corrected chi connectivity index (χ1v) is 6.95. The van der Waals surface area contributed by atoms with Crippen LogP contribution in [0.4, 0.5) is 8.78 Å². The van der Waals surface area contributed by atoms with E-state index < -0.39 is 39.3 Å². The quantitative estimate of drug-likeness (QED) is 0.452. The molecule has 1 atom stereocenters. The molecule has 0 unspecified atom stereocenters. The van der Waals surface area contributed by atoms with Crippen molar-refractivity contribution in [3.05, 3.63) is 45.5 Å². The summed E-state index contributed by atoms with van der Waals surface area (Å²) >= 11 is 0. The normalized spacial score (nSPS) is 13.2. The van der Waals surface area contributed by atoms with Crippen molar-refractivity contribution >= 4 is 10.1 Å². The minimum Gasteiger partial charge on any atom is -0.265 e. The van der Waals surface area contributed by atoms with Crippen LogP contribution in [0.5, 0.6) is 0 Å². The van der Waals surface area contributed by atoms with Gasteiger partial charge in [-0.3, -0.25) is 14.3 Å². The van der Waals surface area contributed by atoms with Gasteiger partial charge in [0.1, 0.15) is 6.10 Å². The minimum absolute atomic E-state index is 0.0196. The Balaban J connectivity index is 3.00. The molecule has 0 saturated carbocycles. The summed E-state index contributed by atoms with van der Waals surface area (Å²) in [5.41, 5.74) is 0.0196. The van der Waals surface area contributed by atoms with Crippen LogP contribution in [0.3, 0.4) is 0 Å². The Morgan fingerprint density at radius 2 is 2.00 bits per heavy atom. The molecule has 106 valence electrons. The van der Waals surface area contributed by atoms with Gasteiger partial charge in [-0.25, -0.2) is 8.78 Å². The summed E-state index contributed by atoms with van der Waals surface area (Å²) in [6.07, 6.45) is -0.729.